The third kappa shape index (κ3) is 3.08. The monoisotopic (exact) mass is 310 g/mol. The predicted molar refractivity (Wildman–Crippen MR) is 72.3 cm³/mol. The third-order valence-corrected chi connectivity index (χ3v) is 3.22. The zero-order valence-corrected chi connectivity index (χ0v) is 11.7. The van der Waals surface area contributed by atoms with E-state index in [1.807, 2.05) is 37.4 Å². The van der Waals surface area contributed by atoms with Crippen molar-refractivity contribution in [1.29, 1.82) is 0 Å². The first-order chi connectivity index (χ1) is 8.70. The van der Waals surface area contributed by atoms with Gasteiger partial charge in [-0.25, -0.2) is 4.68 Å². The van der Waals surface area contributed by atoms with Gasteiger partial charge >= 0.3 is 0 Å². The summed E-state index contributed by atoms with van der Waals surface area (Å²) in [4.78, 5) is 0. The van der Waals surface area contributed by atoms with E-state index in [0.29, 0.717) is 13.2 Å². The smallest absolute Gasteiger partial charge is 0.134 e. The number of rotatable bonds is 5. The zero-order chi connectivity index (χ0) is 13.0. The molecule has 18 heavy (non-hydrogen) atoms. The molecular formula is C12H15BrN4O. The lowest BCUT2D eigenvalue weighted by atomic mass is 10.3. The maximum absolute atomic E-state index is 5.66. The number of para-hydroxylation sites is 1. The number of benzene rings is 1. The highest BCUT2D eigenvalue weighted by atomic mass is 79.9. The SMILES string of the molecule is CC(CN)n1cc(COc2ccccc2Br)nn1. The van der Waals surface area contributed by atoms with Crippen molar-refractivity contribution in [3.63, 3.8) is 0 Å². The van der Waals surface area contributed by atoms with E-state index in [9.17, 15) is 0 Å². The fraction of sp³-hybridized carbons (Fsp3) is 0.333. The summed E-state index contributed by atoms with van der Waals surface area (Å²) in [5, 5.41) is 8.06. The lowest BCUT2D eigenvalue weighted by Gasteiger charge is -2.07. The first kappa shape index (κ1) is 13.0. The van der Waals surface area contributed by atoms with Crippen LogP contribution >= 0.6 is 15.9 Å². The molecule has 1 aromatic heterocycles. The predicted octanol–water partition coefficient (Wildman–Crippen LogP) is 2.14. The Morgan fingerprint density at radius 3 is 2.94 bits per heavy atom. The van der Waals surface area contributed by atoms with E-state index in [2.05, 4.69) is 26.2 Å². The van der Waals surface area contributed by atoms with Crippen molar-refractivity contribution in [1.82, 2.24) is 15.0 Å². The molecule has 0 saturated heterocycles. The molecule has 0 fully saturated rings. The summed E-state index contributed by atoms with van der Waals surface area (Å²) in [5.74, 6) is 0.791. The highest BCUT2D eigenvalue weighted by Gasteiger charge is 2.07. The fourth-order valence-electron chi connectivity index (χ4n) is 1.42. The summed E-state index contributed by atoms with van der Waals surface area (Å²) in [7, 11) is 0. The van der Waals surface area contributed by atoms with Gasteiger partial charge in [0.05, 0.1) is 16.7 Å². The van der Waals surface area contributed by atoms with Gasteiger partial charge in [0.2, 0.25) is 0 Å². The summed E-state index contributed by atoms with van der Waals surface area (Å²) in [6.07, 6.45) is 1.86. The molecule has 0 bridgehead atoms. The van der Waals surface area contributed by atoms with Gasteiger partial charge in [0.15, 0.2) is 0 Å². The van der Waals surface area contributed by atoms with Gasteiger partial charge in [-0.3, -0.25) is 0 Å². The number of nitrogens with two attached hydrogens (primary N) is 1. The number of hydrogen-bond donors (Lipinski definition) is 1. The Morgan fingerprint density at radius 2 is 2.22 bits per heavy atom. The summed E-state index contributed by atoms with van der Waals surface area (Å²) in [5.41, 5.74) is 6.36. The van der Waals surface area contributed by atoms with Gasteiger partial charge in [-0.05, 0) is 35.0 Å². The fourth-order valence-corrected chi connectivity index (χ4v) is 1.82. The molecule has 0 aliphatic heterocycles. The van der Waals surface area contributed by atoms with Crippen LogP contribution in [0.3, 0.4) is 0 Å². The molecule has 2 N–H and O–H groups in total. The molecule has 0 amide bonds. The Balaban J connectivity index is 1.98. The molecule has 96 valence electrons. The quantitative estimate of drug-likeness (QED) is 0.919. The molecule has 2 aromatic rings. The number of hydrogen-bond acceptors (Lipinski definition) is 4. The van der Waals surface area contributed by atoms with Gasteiger partial charge in [0.1, 0.15) is 18.1 Å². The molecule has 6 heteroatoms. The minimum Gasteiger partial charge on any atom is -0.486 e. The van der Waals surface area contributed by atoms with E-state index in [1.54, 1.807) is 4.68 Å². The largest absolute Gasteiger partial charge is 0.486 e. The van der Waals surface area contributed by atoms with Crippen LogP contribution in [-0.2, 0) is 6.61 Å². The van der Waals surface area contributed by atoms with Crippen molar-refractivity contribution in [2.45, 2.75) is 19.6 Å². The van der Waals surface area contributed by atoms with Crippen LogP contribution in [0.1, 0.15) is 18.7 Å². The van der Waals surface area contributed by atoms with Crippen LogP contribution in [0, 0.1) is 0 Å². The molecule has 2 rings (SSSR count). The van der Waals surface area contributed by atoms with E-state index < -0.39 is 0 Å². The Kier molecular flexibility index (Phi) is 4.33. The van der Waals surface area contributed by atoms with Gasteiger partial charge in [0, 0.05) is 6.54 Å². The molecule has 0 spiro atoms. The minimum atomic E-state index is 0.148. The third-order valence-electron chi connectivity index (χ3n) is 2.56. The minimum absolute atomic E-state index is 0.148. The molecule has 1 unspecified atom stereocenters. The summed E-state index contributed by atoms with van der Waals surface area (Å²) >= 11 is 3.43. The van der Waals surface area contributed by atoms with Crippen LogP contribution in [0.2, 0.25) is 0 Å². The van der Waals surface area contributed by atoms with Crippen LogP contribution in [0.5, 0.6) is 5.75 Å². The summed E-state index contributed by atoms with van der Waals surface area (Å²) < 4.78 is 8.33. The normalized spacial score (nSPS) is 12.4. The second kappa shape index (κ2) is 5.97. The van der Waals surface area contributed by atoms with E-state index in [1.165, 1.54) is 0 Å². The molecule has 0 radical (unpaired) electrons. The van der Waals surface area contributed by atoms with E-state index >= 15 is 0 Å². The van der Waals surface area contributed by atoms with Gasteiger partial charge in [0.25, 0.3) is 0 Å². The molecule has 0 aliphatic carbocycles. The van der Waals surface area contributed by atoms with Crippen LogP contribution in [-0.4, -0.2) is 21.5 Å². The summed E-state index contributed by atoms with van der Waals surface area (Å²) in [6, 6.07) is 7.85. The van der Waals surface area contributed by atoms with Crippen molar-refractivity contribution in [3.05, 3.63) is 40.6 Å². The van der Waals surface area contributed by atoms with Crippen molar-refractivity contribution in [2.24, 2.45) is 5.73 Å². The average molecular weight is 311 g/mol. The van der Waals surface area contributed by atoms with Crippen LogP contribution in [0.15, 0.2) is 34.9 Å². The molecule has 0 aliphatic rings. The number of aromatic nitrogens is 3. The number of halogens is 1. The topological polar surface area (TPSA) is 66.0 Å². The van der Waals surface area contributed by atoms with Gasteiger partial charge in [-0.2, -0.15) is 0 Å². The molecule has 1 atom stereocenters. The maximum atomic E-state index is 5.66. The lowest BCUT2D eigenvalue weighted by Crippen LogP contribution is -2.16. The van der Waals surface area contributed by atoms with E-state index in [-0.39, 0.29) is 6.04 Å². The first-order valence-corrected chi connectivity index (χ1v) is 6.48. The number of ether oxygens (including phenoxy) is 1. The maximum Gasteiger partial charge on any atom is 0.134 e. The van der Waals surface area contributed by atoms with Crippen molar-refractivity contribution in [2.75, 3.05) is 6.54 Å². The highest BCUT2D eigenvalue weighted by Crippen LogP contribution is 2.24. The van der Waals surface area contributed by atoms with Crippen LogP contribution < -0.4 is 10.5 Å². The Hall–Kier alpha value is -1.40. The van der Waals surface area contributed by atoms with Crippen LogP contribution in [0.25, 0.3) is 0 Å². The molecule has 0 saturated carbocycles. The Bertz CT molecular complexity index is 514. The van der Waals surface area contributed by atoms with Crippen LogP contribution in [0.4, 0.5) is 0 Å². The highest BCUT2D eigenvalue weighted by molar-refractivity contribution is 9.10. The molecule has 1 heterocycles. The number of nitrogens with zero attached hydrogens (tertiary/aromatic N) is 3. The first-order valence-electron chi connectivity index (χ1n) is 5.69. The van der Waals surface area contributed by atoms with E-state index in [0.717, 1.165) is 15.9 Å². The van der Waals surface area contributed by atoms with E-state index in [4.69, 9.17) is 10.5 Å². The summed E-state index contributed by atoms with van der Waals surface area (Å²) in [6.45, 7) is 2.92. The second-order valence-electron chi connectivity index (χ2n) is 3.99. The van der Waals surface area contributed by atoms with Crippen molar-refractivity contribution >= 4 is 15.9 Å². The van der Waals surface area contributed by atoms with Gasteiger partial charge in [-0.15, -0.1) is 5.10 Å². The zero-order valence-electron chi connectivity index (χ0n) is 10.1. The van der Waals surface area contributed by atoms with Crippen molar-refractivity contribution < 1.29 is 4.74 Å². The van der Waals surface area contributed by atoms with Gasteiger partial charge < -0.3 is 10.5 Å². The average Bonchev–Trinajstić information content (AvgIpc) is 2.86. The standard InChI is InChI=1S/C12H15BrN4O/c1-9(6-14)17-7-10(15-16-17)8-18-12-5-3-2-4-11(12)13/h2-5,7,9H,6,8,14H2,1H3. The van der Waals surface area contributed by atoms with Gasteiger partial charge in [-0.1, -0.05) is 17.3 Å². The molecule has 5 nitrogen and oxygen atoms in total. The lowest BCUT2D eigenvalue weighted by molar-refractivity contribution is 0.299. The molecule has 1 aromatic carbocycles. The van der Waals surface area contributed by atoms with Crippen molar-refractivity contribution in [3.8, 4) is 5.75 Å². The second-order valence-corrected chi connectivity index (χ2v) is 4.85. The molecular weight excluding hydrogens is 296 g/mol. The Labute approximate surface area is 114 Å². The Morgan fingerprint density at radius 1 is 1.44 bits per heavy atom.